The van der Waals surface area contributed by atoms with Gasteiger partial charge in [0.25, 0.3) is 0 Å². The molecular weight excluding hydrogens is 204 g/mol. The van der Waals surface area contributed by atoms with Gasteiger partial charge < -0.3 is 9.84 Å². The van der Waals surface area contributed by atoms with Crippen molar-refractivity contribution < 1.29 is 9.84 Å². The van der Waals surface area contributed by atoms with E-state index in [0.717, 1.165) is 13.0 Å². The molecule has 0 aromatic carbocycles. The highest BCUT2D eigenvalue weighted by Crippen LogP contribution is 2.07. The average molecular weight is 228 g/mol. The summed E-state index contributed by atoms with van der Waals surface area (Å²) >= 11 is 0. The van der Waals surface area contributed by atoms with Crippen LogP contribution in [-0.2, 0) is 4.74 Å². The number of nitriles is 1. The summed E-state index contributed by atoms with van der Waals surface area (Å²) in [6.45, 7) is 9.94. The first-order valence-electron chi connectivity index (χ1n) is 5.80. The first kappa shape index (κ1) is 15.4. The molecule has 0 aliphatic carbocycles. The lowest BCUT2D eigenvalue weighted by Crippen LogP contribution is -2.37. The Morgan fingerprint density at radius 1 is 1.44 bits per heavy atom. The van der Waals surface area contributed by atoms with Gasteiger partial charge in [-0.1, -0.05) is 6.92 Å². The van der Waals surface area contributed by atoms with Crippen molar-refractivity contribution in [3.8, 4) is 6.07 Å². The van der Waals surface area contributed by atoms with Gasteiger partial charge in [-0.05, 0) is 33.7 Å². The highest BCUT2D eigenvalue weighted by molar-refractivity contribution is 4.78. The second-order valence-electron chi connectivity index (χ2n) is 4.97. The molecule has 0 radical (unpaired) electrons. The van der Waals surface area contributed by atoms with Crippen molar-refractivity contribution in [3.05, 3.63) is 0 Å². The minimum Gasteiger partial charge on any atom is -0.389 e. The third-order valence-corrected chi connectivity index (χ3v) is 2.01. The molecule has 0 aromatic rings. The van der Waals surface area contributed by atoms with Gasteiger partial charge in [-0.2, -0.15) is 5.26 Å². The zero-order valence-electron chi connectivity index (χ0n) is 10.9. The zero-order valence-corrected chi connectivity index (χ0v) is 10.9. The van der Waals surface area contributed by atoms with E-state index in [2.05, 4.69) is 13.0 Å². The number of rotatable bonds is 7. The van der Waals surface area contributed by atoms with Crippen molar-refractivity contribution in [3.63, 3.8) is 0 Å². The standard InChI is InChI=1S/C12H24N2O2/c1-5-7-14(8-6-13)9-11(15)10-16-12(2,3)4/h11,15H,5,7-10H2,1-4H3/t11-/m1/s1. The van der Waals surface area contributed by atoms with Crippen LogP contribution in [0, 0.1) is 11.3 Å². The van der Waals surface area contributed by atoms with E-state index < -0.39 is 6.10 Å². The third-order valence-electron chi connectivity index (χ3n) is 2.01. The molecule has 0 saturated carbocycles. The van der Waals surface area contributed by atoms with Crippen LogP contribution in [0.3, 0.4) is 0 Å². The van der Waals surface area contributed by atoms with Crippen molar-refractivity contribution in [1.29, 1.82) is 5.26 Å². The van der Waals surface area contributed by atoms with Gasteiger partial charge in [0.2, 0.25) is 0 Å². The largest absolute Gasteiger partial charge is 0.389 e. The van der Waals surface area contributed by atoms with E-state index in [1.54, 1.807) is 0 Å². The molecule has 0 aromatic heterocycles. The van der Waals surface area contributed by atoms with Crippen LogP contribution in [0.25, 0.3) is 0 Å². The van der Waals surface area contributed by atoms with Crippen molar-refractivity contribution in [2.45, 2.75) is 45.8 Å². The summed E-state index contributed by atoms with van der Waals surface area (Å²) in [5.74, 6) is 0. The van der Waals surface area contributed by atoms with Crippen LogP contribution >= 0.6 is 0 Å². The predicted octanol–water partition coefficient (Wildman–Crippen LogP) is 1.40. The summed E-state index contributed by atoms with van der Waals surface area (Å²) in [5.41, 5.74) is -0.230. The monoisotopic (exact) mass is 228 g/mol. The normalized spacial score (nSPS) is 13.8. The van der Waals surface area contributed by atoms with E-state index in [0.29, 0.717) is 19.7 Å². The minimum atomic E-state index is -0.529. The first-order chi connectivity index (χ1) is 7.39. The predicted molar refractivity (Wildman–Crippen MR) is 64.1 cm³/mol. The second kappa shape index (κ2) is 7.61. The summed E-state index contributed by atoms with van der Waals surface area (Å²) < 4.78 is 5.49. The zero-order chi connectivity index (χ0) is 12.6. The molecule has 0 amide bonds. The topological polar surface area (TPSA) is 56.5 Å². The summed E-state index contributed by atoms with van der Waals surface area (Å²) in [5, 5.41) is 18.4. The number of hydrogen-bond acceptors (Lipinski definition) is 4. The minimum absolute atomic E-state index is 0.230. The molecule has 4 nitrogen and oxygen atoms in total. The summed E-state index contributed by atoms with van der Waals surface area (Å²) in [6, 6.07) is 2.10. The van der Waals surface area contributed by atoms with E-state index in [4.69, 9.17) is 10.00 Å². The molecule has 0 aliphatic heterocycles. The lowest BCUT2D eigenvalue weighted by molar-refractivity contribution is -0.0553. The Bertz CT molecular complexity index is 218. The van der Waals surface area contributed by atoms with Crippen LogP contribution in [0.4, 0.5) is 0 Å². The fraction of sp³-hybridized carbons (Fsp3) is 0.917. The summed E-state index contributed by atoms with van der Waals surface area (Å²) in [6.07, 6.45) is 0.452. The summed E-state index contributed by atoms with van der Waals surface area (Å²) in [4.78, 5) is 1.94. The van der Waals surface area contributed by atoms with Crippen molar-refractivity contribution in [2.75, 3.05) is 26.2 Å². The Morgan fingerprint density at radius 3 is 2.50 bits per heavy atom. The molecule has 1 atom stereocenters. The van der Waals surface area contributed by atoms with E-state index in [9.17, 15) is 5.11 Å². The van der Waals surface area contributed by atoms with Crippen LogP contribution in [0.15, 0.2) is 0 Å². The van der Waals surface area contributed by atoms with Crippen LogP contribution in [-0.4, -0.2) is 48.0 Å². The average Bonchev–Trinajstić information content (AvgIpc) is 2.14. The highest BCUT2D eigenvalue weighted by atomic mass is 16.5. The van der Waals surface area contributed by atoms with Crippen molar-refractivity contribution in [1.82, 2.24) is 4.90 Å². The van der Waals surface area contributed by atoms with E-state index in [1.807, 2.05) is 25.7 Å². The molecular formula is C12H24N2O2. The highest BCUT2D eigenvalue weighted by Gasteiger charge is 2.15. The molecule has 0 spiro atoms. The number of aliphatic hydroxyl groups excluding tert-OH is 1. The fourth-order valence-corrected chi connectivity index (χ4v) is 1.35. The van der Waals surface area contributed by atoms with Gasteiger partial charge in [-0.15, -0.1) is 0 Å². The molecule has 0 heterocycles. The summed E-state index contributed by atoms with van der Waals surface area (Å²) in [7, 11) is 0. The molecule has 1 N–H and O–H groups in total. The van der Waals surface area contributed by atoms with Gasteiger partial charge in [-0.3, -0.25) is 4.90 Å². The van der Waals surface area contributed by atoms with Crippen molar-refractivity contribution in [2.24, 2.45) is 0 Å². The Morgan fingerprint density at radius 2 is 2.06 bits per heavy atom. The molecule has 0 fully saturated rings. The maximum absolute atomic E-state index is 9.76. The number of ether oxygens (including phenoxy) is 1. The Balaban J connectivity index is 3.90. The Labute approximate surface area is 98.8 Å². The van der Waals surface area contributed by atoms with Crippen LogP contribution in [0.5, 0.6) is 0 Å². The van der Waals surface area contributed by atoms with Gasteiger partial charge >= 0.3 is 0 Å². The molecule has 94 valence electrons. The number of aliphatic hydroxyl groups is 1. The maximum atomic E-state index is 9.76. The third kappa shape index (κ3) is 8.66. The van der Waals surface area contributed by atoms with E-state index in [-0.39, 0.29) is 5.60 Å². The lowest BCUT2D eigenvalue weighted by Gasteiger charge is -2.25. The molecule has 0 saturated heterocycles. The van der Waals surface area contributed by atoms with Crippen molar-refractivity contribution >= 4 is 0 Å². The fourth-order valence-electron chi connectivity index (χ4n) is 1.35. The van der Waals surface area contributed by atoms with Crippen LogP contribution < -0.4 is 0 Å². The molecule has 16 heavy (non-hydrogen) atoms. The quantitative estimate of drug-likeness (QED) is 0.669. The van der Waals surface area contributed by atoms with E-state index in [1.165, 1.54) is 0 Å². The molecule has 0 unspecified atom stereocenters. The smallest absolute Gasteiger partial charge is 0.0900 e. The van der Waals surface area contributed by atoms with Gasteiger partial charge in [0, 0.05) is 6.54 Å². The van der Waals surface area contributed by atoms with Gasteiger partial charge in [0.15, 0.2) is 0 Å². The van der Waals surface area contributed by atoms with Crippen LogP contribution in [0.2, 0.25) is 0 Å². The number of nitrogens with zero attached hydrogens (tertiary/aromatic N) is 2. The van der Waals surface area contributed by atoms with E-state index >= 15 is 0 Å². The Kier molecular flexibility index (Phi) is 7.31. The lowest BCUT2D eigenvalue weighted by atomic mass is 10.2. The van der Waals surface area contributed by atoms with Gasteiger partial charge in [-0.25, -0.2) is 0 Å². The first-order valence-corrected chi connectivity index (χ1v) is 5.80. The molecule has 4 heteroatoms. The molecule has 0 aliphatic rings. The molecule has 0 bridgehead atoms. The Hall–Kier alpha value is -0.630. The number of hydrogen-bond donors (Lipinski definition) is 1. The second-order valence-corrected chi connectivity index (χ2v) is 4.97. The SMILES string of the molecule is CCCN(CC#N)C[C@@H](O)COC(C)(C)C. The van der Waals surface area contributed by atoms with Gasteiger partial charge in [0.05, 0.1) is 30.9 Å². The maximum Gasteiger partial charge on any atom is 0.0900 e. The van der Waals surface area contributed by atoms with Gasteiger partial charge in [0.1, 0.15) is 0 Å². The molecule has 0 rings (SSSR count). The van der Waals surface area contributed by atoms with Crippen LogP contribution in [0.1, 0.15) is 34.1 Å².